The molecule has 0 spiro atoms. The van der Waals surface area contributed by atoms with Crippen molar-refractivity contribution in [1.29, 1.82) is 0 Å². The van der Waals surface area contributed by atoms with Gasteiger partial charge in [0, 0.05) is 20.0 Å². The zero-order chi connectivity index (χ0) is 13.5. The maximum Gasteiger partial charge on any atom is 0.307 e. The monoisotopic (exact) mass is 256 g/mol. The highest BCUT2D eigenvalue weighted by molar-refractivity contribution is 5.85. The average molecular weight is 256 g/mol. The van der Waals surface area contributed by atoms with Gasteiger partial charge in [0.25, 0.3) is 0 Å². The zero-order valence-electron chi connectivity index (χ0n) is 10.6. The molecule has 0 aromatic rings. The number of carboxylic acids is 1. The molecule has 0 aliphatic heterocycles. The van der Waals surface area contributed by atoms with Crippen molar-refractivity contribution in [3.63, 3.8) is 0 Å². The van der Waals surface area contributed by atoms with Crippen LogP contribution in [0.15, 0.2) is 0 Å². The van der Waals surface area contributed by atoms with Gasteiger partial charge in [0.2, 0.25) is 11.8 Å². The van der Waals surface area contributed by atoms with Crippen molar-refractivity contribution in [3.05, 3.63) is 0 Å². The highest BCUT2D eigenvalue weighted by Gasteiger charge is 2.35. The second-order valence-corrected chi connectivity index (χ2v) is 4.55. The minimum absolute atomic E-state index is 0.145. The highest BCUT2D eigenvalue weighted by atomic mass is 16.4. The molecule has 3 N–H and O–H groups in total. The largest absolute Gasteiger partial charge is 0.481 e. The molecule has 2 amide bonds. The number of amides is 2. The molecule has 0 heterocycles. The summed E-state index contributed by atoms with van der Waals surface area (Å²) in [7, 11) is 1.53. The van der Waals surface area contributed by atoms with Crippen LogP contribution in [0.5, 0.6) is 0 Å². The average Bonchev–Trinajstić information content (AvgIpc) is 2.38. The third kappa shape index (κ3) is 4.01. The number of carbonyl (C=O) groups excluding carboxylic acids is 2. The Hall–Kier alpha value is -1.59. The molecule has 0 radical (unpaired) electrons. The van der Waals surface area contributed by atoms with Crippen molar-refractivity contribution in [2.75, 3.05) is 13.6 Å². The molecular weight excluding hydrogens is 236 g/mol. The van der Waals surface area contributed by atoms with Crippen molar-refractivity contribution in [2.45, 2.75) is 32.1 Å². The third-order valence-corrected chi connectivity index (χ3v) is 3.35. The lowest BCUT2D eigenvalue weighted by molar-refractivity contribution is -0.149. The van der Waals surface area contributed by atoms with Crippen LogP contribution in [0.4, 0.5) is 0 Å². The van der Waals surface area contributed by atoms with Gasteiger partial charge in [0.05, 0.1) is 11.8 Å². The van der Waals surface area contributed by atoms with E-state index in [0.29, 0.717) is 12.8 Å². The molecule has 1 rings (SSSR count). The Bertz CT molecular complexity index is 330. The Kier molecular flexibility index (Phi) is 5.61. The Morgan fingerprint density at radius 3 is 2.33 bits per heavy atom. The number of hydrogen-bond acceptors (Lipinski definition) is 3. The van der Waals surface area contributed by atoms with E-state index >= 15 is 0 Å². The molecule has 0 bridgehead atoms. The van der Waals surface area contributed by atoms with Crippen LogP contribution in [-0.4, -0.2) is 36.5 Å². The number of aliphatic carboxylic acids is 1. The third-order valence-electron chi connectivity index (χ3n) is 3.35. The summed E-state index contributed by atoms with van der Waals surface area (Å²) in [6, 6.07) is 0. The zero-order valence-corrected chi connectivity index (χ0v) is 10.6. The van der Waals surface area contributed by atoms with E-state index in [1.165, 1.54) is 7.05 Å². The summed E-state index contributed by atoms with van der Waals surface area (Å²) in [4.78, 5) is 33.9. The van der Waals surface area contributed by atoms with Crippen molar-refractivity contribution in [3.8, 4) is 0 Å². The predicted octanol–water partition coefficient (Wildman–Crippen LogP) is 0.130. The second-order valence-electron chi connectivity index (χ2n) is 4.55. The fraction of sp³-hybridized carbons (Fsp3) is 0.750. The molecule has 1 saturated carbocycles. The van der Waals surface area contributed by atoms with Crippen molar-refractivity contribution in [1.82, 2.24) is 10.6 Å². The normalized spacial score (nSPS) is 23.2. The fourth-order valence-corrected chi connectivity index (χ4v) is 2.30. The van der Waals surface area contributed by atoms with E-state index in [0.717, 1.165) is 12.8 Å². The summed E-state index contributed by atoms with van der Waals surface area (Å²) in [5.41, 5.74) is 0. The Labute approximate surface area is 106 Å². The van der Waals surface area contributed by atoms with E-state index in [1.54, 1.807) is 0 Å². The number of carboxylic acid groups (broad SMARTS) is 1. The molecule has 6 heteroatoms. The molecule has 0 unspecified atom stereocenters. The van der Waals surface area contributed by atoms with Gasteiger partial charge in [0.15, 0.2) is 0 Å². The van der Waals surface area contributed by atoms with E-state index in [4.69, 9.17) is 5.11 Å². The molecule has 2 atom stereocenters. The van der Waals surface area contributed by atoms with E-state index in [9.17, 15) is 14.4 Å². The van der Waals surface area contributed by atoms with Gasteiger partial charge >= 0.3 is 5.97 Å². The van der Waals surface area contributed by atoms with Gasteiger partial charge < -0.3 is 15.7 Å². The summed E-state index contributed by atoms with van der Waals surface area (Å²) in [5.74, 6) is -2.33. The summed E-state index contributed by atoms with van der Waals surface area (Å²) < 4.78 is 0. The maximum atomic E-state index is 11.9. The molecule has 0 aromatic heterocycles. The molecule has 1 fully saturated rings. The van der Waals surface area contributed by atoms with Gasteiger partial charge in [-0.05, 0) is 12.8 Å². The summed E-state index contributed by atoms with van der Waals surface area (Å²) in [5, 5.41) is 14.2. The second kappa shape index (κ2) is 6.98. The van der Waals surface area contributed by atoms with Crippen molar-refractivity contribution in [2.24, 2.45) is 11.8 Å². The number of carbonyl (C=O) groups is 3. The smallest absolute Gasteiger partial charge is 0.307 e. The first-order valence-electron chi connectivity index (χ1n) is 6.27. The fourth-order valence-electron chi connectivity index (χ4n) is 2.30. The molecule has 0 aromatic carbocycles. The lowest BCUT2D eigenvalue weighted by Gasteiger charge is -2.27. The molecule has 6 nitrogen and oxygen atoms in total. The molecule has 102 valence electrons. The summed E-state index contributed by atoms with van der Waals surface area (Å²) >= 11 is 0. The first-order valence-corrected chi connectivity index (χ1v) is 6.27. The van der Waals surface area contributed by atoms with E-state index in [-0.39, 0.29) is 24.8 Å². The molecule has 1 aliphatic rings. The van der Waals surface area contributed by atoms with Crippen LogP contribution in [0.1, 0.15) is 32.1 Å². The Morgan fingerprint density at radius 1 is 1.17 bits per heavy atom. The Balaban J connectivity index is 2.43. The lowest BCUT2D eigenvalue weighted by Crippen LogP contribution is -2.40. The summed E-state index contributed by atoms with van der Waals surface area (Å²) in [6.07, 6.45) is 3.13. The van der Waals surface area contributed by atoms with Gasteiger partial charge in [-0.1, -0.05) is 12.8 Å². The number of nitrogens with one attached hydrogen (secondary N) is 2. The minimum atomic E-state index is -0.902. The highest BCUT2D eigenvalue weighted by Crippen LogP contribution is 2.30. The first-order chi connectivity index (χ1) is 8.56. The van der Waals surface area contributed by atoms with Crippen LogP contribution in [-0.2, 0) is 14.4 Å². The van der Waals surface area contributed by atoms with Crippen LogP contribution < -0.4 is 10.6 Å². The molecule has 18 heavy (non-hydrogen) atoms. The van der Waals surface area contributed by atoms with E-state index in [2.05, 4.69) is 10.6 Å². The molecular formula is C12H20N2O4. The number of rotatable bonds is 5. The van der Waals surface area contributed by atoms with Crippen LogP contribution >= 0.6 is 0 Å². The van der Waals surface area contributed by atoms with Gasteiger partial charge in [0.1, 0.15) is 0 Å². The molecule has 0 saturated heterocycles. The number of hydrogen-bond donors (Lipinski definition) is 3. The van der Waals surface area contributed by atoms with Crippen molar-refractivity contribution >= 4 is 17.8 Å². The van der Waals surface area contributed by atoms with Crippen LogP contribution in [0.2, 0.25) is 0 Å². The standard InChI is InChI=1S/C12H20N2O4/c1-13-10(15)6-7-14-11(16)8-4-2-3-5-9(8)12(17)18/h8-9H,2-7H2,1H3,(H,13,15)(H,14,16)(H,17,18)/t8-,9+/m1/s1. The summed E-state index contributed by atoms with van der Waals surface area (Å²) in [6.45, 7) is 0.251. The van der Waals surface area contributed by atoms with Crippen LogP contribution in [0, 0.1) is 11.8 Å². The van der Waals surface area contributed by atoms with Crippen LogP contribution in [0.3, 0.4) is 0 Å². The topological polar surface area (TPSA) is 95.5 Å². The van der Waals surface area contributed by atoms with E-state index < -0.39 is 17.8 Å². The predicted molar refractivity (Wildman–Crippen MR) is 64.8 cm³/mol. The van der Waals surface area contributed by atoms with Crippen molar-refractivity contribution < 1.29 is 19.5 Å². The minimum Gasteiger partial charge on any atom is -0.481 e. The van der Waals surface area contributed by atoms with Gasteiger partial charge in [-0.3, -0.25) is 14.4 Å². The van der Waals surface area contributed by atoms with Gasteiger partial charge in [-0.25, -0.2) is 0 Å². The van der Waals surface area contributed by atoms with Crippen LogP contribution in [0.25, 0.3) is 0 Å². The van der Waals surface area contributed by atoms with E-state index in [1.807, 2.05) is 0 Å². The Morgan fingerprint density at radius 2 is 1.78 bits per heavy atom. The molecule has 1 aliphatic carbocycles. The van der Waals surface area contributed by atoms with Gasteiger partial charge in [-0.2, -0.15) is 0 Å². The first kappa shape index (κ1) is 14.5. The van der Waals surface area contributed by atoms with Gasteiger partial charge in [-0.15, -0.1) is 0 Å². The SMILES string of the molecule is CNC(=O)CCNC(=O)[C@@H]1CCCC[C@@H]1C(=O)O. The quantitative estimate of drug-likeness (QED) is 0.651. The lowest BCUT2D eigenvalue weighted by atomic mass is 9.78. The maximum absolute atomic E-state index is 11.9.